The van der Waals surface area contributed by atoms with Crippen LogP contribution in [0.25, 0.3) is 0 Å². The molecule has 0 radical (unpaired) electrons. The number of rotatable bonds is 5. The van der Waals surface area contributed by atoms with Crippen molar-refractivity contribution in [1.82, 2.24) is 19.7 Å². The number of ether oxygens (including phenoxy) is 2. The summed E-state index contributed by atoms with van der Waals surface area (Å²) in [6.07, 6.45) is 1.43. The number of anilines is 1. The van der Waals surface area contributed by atoms with Gasteiger partial charge in [0.25, 0.3) is 5.88 Å². The molecule has 0 aliphatic carbocycles. The fourth-order valence-corrected chi connectivity index (χ4v) is 1.69. The van der Waals surface area contributed by atoms with Crippen molar-refractivity contribution in [2.24, 2.45) is 7.05 Å². The van der Waals surface area contributed by atoms with Crippen LogP contribution < -0.4 is 14.8 Å². The second-order valence-electron chi connectivity index (χ2n) is 3.94. The smallest absolute Gasteiger partial charge is 0.269 e. The van der Waals surface area contributed by atoms with Crippen LogP contribution in [0.1, 0.15) is 12.6 Å². The highest BCUT2D eigenvalue weighted by atomic mass is 16.5. The molecule has 0 unspecified atom stereocenters. The highest BCUT2D eigenvalue weighted by molar-refractivity contribution is 5.55. The lowest BCUT2D eigenvalue weighted by Crippen LogP contribution is -2.05. The molecular weight excluding hydrogens is 246 g/mol. The molecule has 0 saturated carbocycles. The third-order valence-corrected chi connectivity index (χ3v) is 2.48. The van der Waals surface area contributed by atoms with E-state index in [1.54, 1.807) is 18.8 Å². The van der Waals surface area contributed by atoms with Crippen molar-refractivity contribution in [3.05, 3.63) is 18.1 Å². The van der Waals surface area contributed by atoms with Gasteiger partial charge in [-0.3, -0.25) is 0 Å². The van der Waals surface area contributed by atoms with Gasteiger partial charge in [0.15, 0.2) is 5.82 Å². The predicted molar refractivity (Wildman–Crippen MR) is 70.8 cm³/mol. The van der Waals surface area contributed by atoms with Crippen molar-refractivity contribution in [3.8, 4) is 17.5 Å². The Morgan fingerprint density at radius 3 is 2.74 bits per heavy atom. The Hall–Kier alpha value is -2.31. The van der Waals surface area contributed by atoms with E-state index in [1.807, 2.05) is 19.9 Å². The summed E-state index contributed by atoms with van der Waals surface area (Å²) in [5, 5.41) is 7.31. The van der Waals surface area contributed by atoms with Gasteiger partial charge in [-0.25, -0.2) is 9.67 Å². The average Bonchev–Trinajstić information content (AvgIpc) is 2.69. The van der Waals surface area contributed by atoms with E-state index in [4.69, 9.17) is 9.47 Å². The molecule has 0 saturated heterocycles. The zero-order chi connectivity index (χ0) is 13.8. The van der Waals surface area contributed by atoms with Crippen molar-refractivity contribution in [3.63, 3.8) is 0 Å². The van der Waals surface area contributed by atoms with E-state index in [2.05, 4.69) is 20.4 Å². The van der Waals surface area contributed by atoms with Crippen LogP contribution in [-0.4, -0.2) is 33.4 Å². The van der Waals surface area contributed by atoms with E-state index in [1.165, 1.54) is 6.33 Å². The molecule has 0 spiro atoms. The second kappa shape index (κ2) is 5.55. The van der Waals surface area contributed by atoms with Crippen molar-refractivity contribution in [2.45, 2.75) is 13.8 Å². The van der Waals surface area contributed by atoms with Gasteiger partial charge in [0.05, 0.1) is 12.8 Å². The van der Waals surface area contributed by atoms with Gasteiger partial charge in [-0.15, -0.1) is 0 Å². The molecule has 0 atom stereocenters. The van der Waals surface area contributed by atoms with Gasteiger partial charge in [-0.05, 0) is 13.8 Å². The van der Waals surface area contributed by atoms with Crippen LogP contribution in [0.15, 0.2) is 12.4 Å². The van der Waals surface area contributed by atoms with Crippen molar-refractivity contribution in [2.75, 3.05) is 19.0 Å². The standard InChI is InChI=1S/C12H17N5O2/c1-5-13-11-10(18-4)12(15-7-14-11)19-9-6-8(2)16-17(9)3/h6-7H,5H2,1-4H3,(H,13,14,15). The normalized spacial score (nSPS) is 10.3. The molecule has 19 heavy (non-hydrogen) atoms. The Labute approximate surface area is 111 Å². The van der Waals surface area contributed by atoms with E-state index in [0.29, 0.717) is 23.3 Å². The van der Waals surface area contributed by atoms with Crippen LogP contribution in [0.5, 0.6) is 17.5 Å². The van der Waals surface area contributed by atoms with Crippen LogP contribution in [0.2, 0.25) is 0 Å². The number of nitrogens with zero attached hydrogens (tertiary/aromatic N) is 4. The van der Waals surface area contributed by atoms with Gasteiger partial charge in [0.2, 0.25) is 11.6 Å². The van der Waals surface area contributed by atoms with Crippen LogP contribution >= 0.6 is 0 Å². The summed E-state index contributed by atoms with van der Waals surface area (Å²) in [4.78, 5) is 8.22. The topological polar surface area (TPSA) is 74.1 Å². The fraction of sp³-hybridized carbons (Fsp3) is 0.417. The molecule has 0 aliphatic heterocycles. The van der Waals surface area contributed by atoms with E-state index < -0.39 is 0 Å². The van der Waals surface area contributed by atoms with Gasteiger partial charge in [0.1, 0.15) is 6.33 Å². The van der Waals surface area contributed by atoms with E-state index in [9.17, 15) is 0 Å². The maximum absolute atomic E-state index is 5.72. The molecule has 2 heterocycles. The SMILES string of the molecule is CCNc1ncnc(Oc2cc(C)nn2C)c1OC. The summed E-state index contributed by atoms with van der Waals surface area (Å²) in [5.41, 5.74) is 0.873. The summed E-state index contributed by atoms with van der Waals surface area (Å²) < 4.78 is 12.7. The number of methoxy groups -OCH3 is 1. The monoisotopic (exact) mass is 263 g/mol. The molecule has 102 valence electrons. The molecule has 0 aliphatic rings. The van der Waals surface area contributed by atoms with Crippen molar-refractivity contribution < 1.29 is 9.47 Å². The Bertz CT molecular complexity index is 567. The molecule has 0 bridgehead atoms. The van der Waals surface area contributed by atoms with Crippen LogP contribution in [0.3, 0.4) is 0 Å². The van der Waals surface area contributed by atoms with Crippen molar-refractivity contribution in [1.29, 1.82) is 0 Å². The maximum Gasteiger partial charge on any atom is 0.269 e. The van der Waals surface area contributed by atoms with E-state index in [0.717, 1.165) is 12.2 Å². The number of aromatic nitrogens is 4. The lowest BCUT2D eigenvalue weighted by molar-refractivity contribution is 0.354. The molecule has 0 amide bonds. The van der Waals surface area contributed by atoms with E-state index >= 15 is 0 Å². The molecule has 2 rings (SSSR count). The van der Waals surface area contributed by atoms with Gasteiger partial charge < -0.3 is 14.8 Å². The summed E-state index contributed by atoms with van der Waals surface area (Å²) in [6.45, 7) is 4.61. The van der Waals surface area contributed by atoms with Crippen LogP contribution in [0, 0.1) is 6.92 Å². The molecule has 1 N–H and O–H groups in total. The van der Waals surface area contributed by atoms with Gasteiger partial charge in [-0.1, -0.05) is 0 Å². The van der Waals surface area contributed by atoms with Gasteiger partial charge in [-0.2, -0.15) is 10.1 Å². The second-order valence-corrected chi connectivity index (χ2v) is 3.94. The first-order chi connectivity index (χ1) is 9.15. The first-order valence-corrected chi connectivity index (χ1v) is 5.97. The Morgan fingerprint density at radius 1 is 1.37 bits per heavy atom. The number of aryl methyl sites for hydroxylation is 2. The number of nitrogens with one attached hydrogen (secondary N) is 1. The molecule has 0 aromatic carbocycles. The third-order valence-electron chi connectivity index (χ3n) is 2.48. The minimum absolute atomic E-state index is 0.358. The quantitative estimate of drug-likeness (QED) is 0.886. The molecule has 2 aromatic rings. The average molecular weight is 263 g/mol. The van der Waals surface area contributed by atoms with Gasteiger partial charge in [0, 0.05) is 19.7 Å². The number of hydrogen-bond acceptors (Lipinski definition) is 6. The highest BCUT2D eigenvalue weighted by Gasteiger charge is 2.15. The zero-order valence-electron chi connectivity index (χ0n) is 11.5. The molecule has 7 heteroatoms. The summed E-state index contributed by atoms with van der Waals surface area (Å²) >= 11 is 0. The minimum atomic E-state index is 0.358. The first-order valence-electron chi connectivity index (χ1n) is 5.97. The highest BCUT2D eigenvalue weighted by Crippen LogP contribution is 2.33. The third kappa shape index (κ3) is 2.75. The first kappa shape index (κ1) is 13.1. The van der Waals surface area contributed by atoms with Crippen LogP contribution in [0.4, 0.5) is 5.82 Å². The lowest BCUT2D eigenvalue weighted by Gasteiger charge is -2.12. The fourth-order valence-electron chi connectivity index (χ4n) is 1.69. The lowest BCUT2D eigenvalue weighted by atomic mass is 10.4. The number of hydrogen-bond donors (Lipinski definition) is 1. The molecule has 0 fully saturated rings. The molecule has 7 nitrogen and oxygen atoms in total. The Morgan fingerprint density at radius 2 is 2.16 bits per heavy atom. The molecular formula is C12H17N5O2. The molecule has 2 aromatic heterocycles. The summed E-state index contributed by atoms with van der Waals surface area (Å²) in [5.74, 6) is 2.03. The minimum Gasteiger partial charge on any atom is -0.489 e. The Kier molecular flexibility index (Phi) is 3.84. The van der Waals surface area contributed by atoms with E-state index in [-0.39, 0.29) is 0 Å². The van der Waals surface area contributed by atoms with Crippen LogP contribution in [-0.2, 0) is 7.05 Å². The zero-order valence-corrected chi connectivity index (χ0v) is 11.5. The largest absolute Gasteiger partial charge is 0.489 e. The maximum atomic E-state index is 5.72. The summed E-state index contributed by atoms with van der Waals surface area (Å²) in [6, 6.07) is 1.83. The Balaban J connectivity index is 2.34. The van der Waals surface area contributed by atoms with Gasteiger partial charge >= 0.3 is 0 Å². The predicted octanol–water partition coefficient (Wildman–Crippen LogP) is 1.75. The van der Waals surface area contributed by atoms with Crippen molar-refractivity contribution >= 4 is 5.82 Å². The summed E-state index contributed by atoms with van der Waals surface area (Å²) in [7, 11) is 3.36.